The number of aromatic hydroxyl groups is 1. The number of fused-ring (bicyclic) bond motifs is 1. The normalized spacial score (nSPS) is 10.7. The van der Waals surface area contributed by atoms with Crippen molar-refractivity contribution in [1.29, 1.82) is 0 Å². The first-order valence-corrected chi connectivity index (χ1v) is 5.39. The number of carboxylic acids is 1. The number of hydrogen-bond donors (Lipinski definition) is 2. The topological polar surface area (TPSA) is 101 Å². The highest BCUT2D eigenvalue weighted by atomic mass is 16.4. The summed E-state index contributed by atoms with van der Waals surface area (Å²) in [6.07, 6.45) is 2.74. The van der Waals surface area contributed by atoms with E-state index < -0.39 is 5.97 Å². The molecule has 0 saturated carbocycles. The van der Waals surface area contributed by atoms with Crippen molar-refractivity contribution >= 4 is 11.6 Å². The van der Waals surface area contributed by atoms with Crippen molar-refractivity contribution in [1.82, 2.24) is 19.6 Å². The van der Waals surface area contributed by atoms with E-state index in [9.17, 15) is 9.90 Å². The summed E-state index contributed by atoms with van der Waals surface area (Å²) in [5.74, 6) is -1.35. The molecule has 94 valence electrons. The number of pyridine rings is 1. The van der Waals surface area contributed by atoms with Gasteiger partial charge in [0.05, 0.1) is 17.6 Å². The molecule has 0 radical (unpaired) electrons. The molecule has 0 aliphatic rings. The van der Waals surface area contributed by atoms with Crippen LogP contribution in [0.25, 0.3) is 17.0 Å². The molecule has 0 aromatic carbocycles. The molecule has 0 unspecified atom stereocenters. The quantitative estimate of drug-likeness (QED) is 0.714. The fourth-order valence-electron chi connectivity index (χ4n) is 1.74. The molecule has 3 aromatic rings. The predicted octanol–water partition coefficient (Wildman–Crippen LogP) is 1.20. The Labute approximate surface area is 106 Å². The Bertz CT molecular complexity index is 767. The first kappa shape index (κ1) is 11.1. The van der Waals surface area contributed by atoms with Crippen molar-refractivity contribution in [2.45, 2.75) is 0 Å². The van der Waals surface area contributed by atoms with Crippen molar-refractivity contribution in [2.75, 3.05) is 0 Å². The van der Waals surface area contributed by atoms with Gasteiger partial charge in [0.2, 0.25) is 5.88 Å². The maximum Gasteiger partial charge on any atom is 0.341 e. The highest BCUT2D eigenvalue weighted by Gasteiger charge is 2.16. The molecule has 0 atom stereocenters. The highest BCUT2D eigenvalue weighted by Crippen LogP contribution is 2.22. The standard InChI is InChI=1S/C12H8N4O3/c17-10-5-9(8-3-1-2-4-13-8)15-11-7(12(18)19)6-14-16(10)11/h1-6,17H,(H,18,19). The van der Waals surface area contributed by atoms with Gasteiger partial charge in [-0.3, -0.25) is 4.98 Å². The van der Waals surface area contributed by atoms with Gasteiger partial charge in [-0.05, 0) is 12.1 Å². The molecule has 3 aromatic heterocycles. The Morgan fingerprint density at radius 1 is 1.26 bits per heavy atom. The second kappa shape index (κ2) is 4.05. The second-order valence-electron chi connectivity index (χ2n) is 3.81. The lowest BCUT2D eigenvalue weighted by atomic mass is 10.2. The lowest BCUT2D eigenvalue weighted by molar-refractivity contribution is 0.0699. The number of aromatic nitrogens is 4. The van der Waals surface area contributed by atoms with Crippen molar-refractivity contribution in [3.05, 3.63) is 42.2 Å². The zero-order valence-electron chi connectivity index (χ0n) is 9.56. The summed E-state index contributed by atoms with van der Waals surface area (Å²) in [4.78, 5) is 19.3. The molecular formula is C12H8N4O3. The Kier molecular flexibility index (Phi) is 2.38. The Morgan fingerprint density at radius 2 is 2.11 bits per heavy atom. The minimum Gasteiger partial charge on any atom is -0.493 e. The Morgan fingerprint density at radius 3 is 2.79 bits per heavy atom. The molecule has 0 spiro atoms. The summed E-state index contributed by atoms with van der Waals surface area (Å²) in [5.41, 5.74) is 0.924. The number of rotatable bonds is 2. The third-order valence-corrected chi connectivity index (χ3v) is 2.61. The minimum atomic E-state index is -1.15. The van der Waals surface area contributed by atoms with Crippen LogP contribution in [0, 0.1) is 0 Å². The lowest BCUT2D eigenvalue weighted by Gasteiger charge is -2.03. The summed E-state index contributed by atoms with van der Waals surface area (Å²) in [7, 11) is 0. The molecule has 0 aliphatic heterocycles. The number of carbonyl (C=O) groups is 1. The van der Waals surface area contributed by atoms with E-state index >= 15 is 0 Å². The average molecular weight is 256 g/mol. The van der Waals surface area contributed by atoms with E-state index in [2.05, 4.69) is 15.1 Å². The molecule has 3 heterocycles. The molecule has 0 saturated heterocycles. The van der Waals surface area contributed by atoms with Gasteiger partial charge in [0.1, 0.15) is 5.56 Å². The largest absolute Gasteiger partial charge is 0.493 e. The number of hydrogen-bond acceptors (Lipinski definition) is 5. The van der Waals surface area contributed by atoms with Crippen LogP contribution >= 0.6 is 0 Å². The van der Waals surface area contributed by atoms with Crippen molar-refractivity contribution in [2.24, 2.45) is 0 Å². The van der Waals surface area contributed by atoms with Crippen LogP contribution in [-0.2, 0) is 0 Å². The minimum absolute atomic E-state index is 0.0759. The van der Waals surface area contributed by atoms with E-state index in [4.69, 9.17) is 5.11 Å². The number of nitrogens with zero attached hydrogens (tertiary/aromatic N) is 4. The average Bonchev–Trinajstić information content (AvgIpc) is 2.84. The van der Waals surface area contributed by atoms with Crippen molar-refractivity contribution in [3.63, 3.8) is 0 Å². The van der Waals surface area contributed by atoms with Crippen LogP contribution in [0.15, 0.2) is 36.7 Å². The van der Waals surface area contributed by atoms with Crippen LogP contribution in [-0.4, -0.2) is 35.8 Å². The molecule has 2 N–H and O–H groups in total. The zero-order valence-corrected chi connectivity index (χ0v) is 9.56. The second-order valence-corrected chi connectivity index (χ2v) is 3.81. The monoisotopic (exact) mass is 256 g/mol. The van der Waals surface area contributed by atoms with Gasteiger partial charge in [-0.15, -0.1) is 0 Å². The molecule has 0 aliphatic carbocycles. The van der Waals surface area contributed by atoms with Crippen LogP contribution < -0.4 is 0 Å². The van der Waals surface area contributed by atoms with Gasteiger partial charge >= 0.3 is 5.97 Å². The van der Waals surface area contributed by atoms with Crippen molar-refractivity contribution < 1.29 is 15.0 Å². The van der Waals surface area contributed by atoms with Crippen molar-refractivity contribution in [3.8, 4) is 17.3 Å². The Hall–Kier alpha value is -2.96. The molecule has 0 fully saturated rings. The molecule has 0 bridgehead atoms. The third kappa shape index (κ3) is 1.77. The van der Waals surface area contributed by atoms with E-state index in [1.165, 1.54) is 6.07 Å². The maximum absolute atomic E-state index is 11.0. The zero-order chi connectivity index (χ0) is 13.4. The molecule has 7 nitrogen and oxygen atoms in total. The molecule has 7 heteroatoms. The highest BCUT2D eigenvalue weighted by molar-refractivity contribution is 5.94. The van der Waals surface area contributed by atoms with E-state index in [1.807, 2.05) is 0 Å². The first-order valence-electron chi connectivity index (χ1n) is 5.39. The van der Waals surface area contributed by atoms with Gasteiger partial charge in [-0.2, -0.15) is 9.61 Å². The van der Waals surface area contributed by atoms with E-state index in [1.54, 1.807) is 24.4 Å². The van der Waals surface area contributed by atoms with E-state index in [0.29, 0.717) is 11.4 Å². The van der Waals surface area contributed by atoms with Crippen LogP contribution in [0.5, 0.6) is 5.88 Å². The fourth-order valence-corrected chi connectivity index (χ4v) is 1.74. The summed E-state index contributed by atoms with van der Waals surface area (Å²) in [6, 6.07) is 6.63. The molecule has 3 rings (SSSR count). The van der Waals surface area contributed by atoms with Gasteiger partial charge < -0.3 is 10.2 Å². The van der Waals surface area contributed by atoms with Crippen LogP contribution in [0.3, 0.4) is 0 Å². The first-order chi connectivity index (χ1) is 9.16. The smallest absolute Gasteiger partial charge is 0.341 e. The third-order valence-electron chi connectivity index (χ3n) is 2.61. The van der Waals surface area contributed by atoms with E-state index in [-0.39, 0.29) is 17.1 Å². The summed E-state index contributed by atoms with van der Waals surface area (Å²) < 4.78 is 1.07. The van der Waals surface area contributed by atoms with Crippen LogP contribution in [0.1, 0.15) is 10.4 Å². The van der Waals surface area contributed by atoms with Gasteiger partial charge in [-0.1, -0.05) is 6.07 Å². The lowest BCUT2D eigenvalue weighted by Crippen LogP contribution is -1.99. The van der Waals surface area contributed by atoms with Gasteiger partial charge in [-0.25, -0.2) is 9.78 Å². The summed E-state index contributed by atoms with van der Waals surface area (Å²) in [6.45, 7) is 0. The molecular weight excluding hydrogens is 248 g/mol. The summed E-state index contributed by atoms with van der Waals surface area (Å²) >= 11 is 0. The Balaban J connectivity index is 2.28. The van der Waals surface area contributed by atoms with Crippen LogP contribution in [0.2, 0.25) is 0 Å². The maximum atomic E-state index is 11.0. The SMILES string of the molecule is O=C(O)c1cnn2c(O)cc(-c3ccccn3)nc12. The fraction of sp³-hybridized carbons (Fsp3) is 0. The van der Waals surface area contributed by atoms with Gasteiger partial charge in [0, 0.05) is 12.3 Å². The predicted molar refractivity (Wildman–Crippen MR) is 64.8 cm³/mol. The van der Waals surface area contributed by atoms with Gasteiger partial charge in [0.25, 0.3) is 0 Å². The number of carboxylic acid groups (broad SMARTS) is 1. The van der Waals surface area contributed by atoms with Crippen LogP contribution in [0.4, 0.5) is 0 Å². The van der Waals surface area contributed by atoms with Gasteiger partial charge in [0.15, 0.2) is 5.65 Å². The molecule has 0 amide bonds. The number of aromatic carboxylic acids is 1. The summed E-state index contributed by atoms with van der Waals surface area (Å²) in [5, 5.41) is 22.7. The van der Waals surface area contributed by atoms with E-state index in [0.717, 1.165) is 10.7 Å². The molecule has 19 heavy (non-hydrogen) atoms.